The van der Waals surface area contributed by atoms with Crippen molar-refractivity contribution >= 4 is 21.6 Å². The van der Waals surface area contributed by atoms with E-state index in [1.54, 1.807) is 24.4 Å². The third kappa shape index (κ3) is 7.15. The zero-order valence-electron chi connectivity index (χ0n) is 24.1. The highest BCUT2D eigenvalue weighted by Crippen LogP contribution is 2.35. The molecule has 0 bridgehead atoms. The molecule has 0 unspecified atom stereocenters. The zero-order chi connectivity index (χ0) is 32.8. The number of nitrogens with zero attached hydrogens (tertiary/aromatic N) is 6. The van der Waals surface area contributed by atoms with Gasteiger partial charge < -0.3 is 19.3 Å². The number of thioether (sulfide) groups is 1. The molecule has 2 N–H and O–H groups in total. The summed E-state index contributed by atoms with van der Waals surface area (Å²) in [7, 11) is -3.60. The first-order chi connectivity index (χ1) is 22.1. The summed E-state index contributed by atoms with van der Waals surface area (Å²) in [4.78, 5) is 16.3. The van der Waals surface area contributed by atoms with Crippen LogP contribution in [-0.4, -0.2) is 61.4 Å². The van der Waals surface area contributed by atoms with E-state index in [1.165, 1.54) is 60.4 Å². The van der Waals surface area contributed by atoms with Gasteiger partial charge in [-0.2, -0.15) is 0 Å². The van der Waals surface area contributed by atoms with E-state index >= 15 is 0 Å². The fourth-order valence-corrected chi connectivity index (χ4v) is 5.11. The number of hydrogen-bond acceptors (Lipinski definition) is 13. The number of halogens is 2. The van der Waals surface area contributed by atoms with Crippen LogP contribution < -0.4 is 0 Å². The van der Waals surface area contributed by atoms with E-state index in [1.807, 2.05) is 6.26 Å². The standard InChI is InChI=1S/C15H12FN3O4S.C15H12FN3O2S/c1-24(21,22)15-17-7-6-11(18-15)13-12(8-20)23-19-14(13)9-2-4-10(16)5-3-9;1-22-15-17-7-6-11(18-15)13-12(8-20)21-19-14(13)9-2-4-10(16)5-3-9/h2-7,20H,8H2,1H3;2-7,20H,8H2,1H3. The second-order valence-corrected chi connectivity index (χ2v) is 12.1. The molecular weight excluding hydrogens is 642 g/mol. The Hall–Kier alpha value is -4.90. The molecule has 0 amide bonds. The van der Waals surface area contributed by atoms with Gasteiger partial charge in [0, 0.05) is 29.8 Å². The number of sulfone groups is 1. The summed E-state index contributed by atoms with van der Waals surface area (Å²) in [6.07, 6.45) is 5.80. The summed E-state index contributed by atoms with van der Waals surface area (Å²) in [5, 5.41) is 27.1. The average molecular weight is 667 g/mol. The third-order valence-corrected chi connectivity index (χ3v) is 7.76. The Morgan fingerprint density at radius 3 is 1.61 bits per heavy atom. The molecule has 0 fully saturated rings. The fraction of sp³-hybridized carbons (Fsp3) is 0.133. The molecule has 0 aliphatic rings. The largest absolute Gasteiger partial charge is 0.388 e. The van der Waals surface area contributed by atoms with Gasteiger partial charge in [-0.3, -0.25) is 0 Å². The van der Waals surface area contributed by atoms with Crippen LogP contribution in [-0.2, 0) is 23.1 Å². The quantitative estimate of drug-likeness (QED) is 0.164. The van der Waals surface area contributed by atoms with Crippen molar-refractivity contribution in [1.82, 2.24) is 30.2 Å². The smallest absolute Gasteiger partial charge is 0.247 e. The van der Waals surface area contributed by atoms with Crippen molar-refractivity contribution in [3.63, 3.8) is 0 Å². The van der Waals surface area contributed by atoms with Gasteiger partial charge in [0.05, 0.1) is 22.5 Å². The van der Waals surface area contributed by atoms with E-state index in [-0.39, 0.29) is 29.0 Å². The Balaban J connectivity index is 0.000000182. The monoisotopic (exact) mass is 666 g/mol. The minimum Gasteiger partial charge on any atom is -0.388 e. The highest BCUT2D eigenvalue weighted by atomic mass is 32.2. The van der Waals surface area contributed by atoms with E-state index in [0.717, 1.165) is 6.26 Å². The molecule has 6 rings (SSSR count). The molecule has 0 aliphatic carbocycles. The zero-order valence-corrected chi connectivity index (χ0v) is 25.8. The Morgan fingerprint density at radius 1 is 0.717 bits per heavy atom. The molecule has 0 saturated carbocycles. The second-order valence-electron chi connectivity index (χ2n) is 9.41. The molecule has 0 spiro atoms. The third-order valence-electron chi connectivity index (χ3n) is 6.34. The van der Waals surface area contributed by atoms with Crippen LogP contribution in [0.2, 0.25) is 0 Å². The molecule has 16 heteroatoms. The summed E-state index contributed by atoms with van der Waals surface area (Å²) in [5.74, 6) is -0.312. The van der Waals surface area contributed by atoms with Crippen LogP contribution in [0.1, 0.15) is 11.5 Å². The first kappa shape index (κ1) is 32.5. The molecule has 0 aliphatic heterocycles. The Bertz CT molecular complexity index is 2070. The maximum atomic E-state index is 13.1. The summed E-state index contributed by atoms with van der Waals surface area (Å²) < 4.78 is 59.8. The van der Waals surface area contributed by atoms with Crippen molar-refractivity contribution in [3.8, 4) is 45.0 Å². The number of benzene rings is 2. The minimum atomic E-state index is -3.60. The Morgan fingerprint density at radius 2 is 1.17 bits per heavy atom. The molecule has 4 aromatic heterocycles. The lowest BCUT2D eigenvalue weighted by Gasteiger charge is -2.04. The predicted octanol–water partition coefficient (Wildman–Crippen LogP) is 4.99. The first-order valence-electron chi connectivity index (χ1n) is 13.2. The molecule has 236 valence electrons. The maximum absolute atomic E-state index is 13.1. The highest BCUT2D eigenvalue weighted by molar-refractivity contribution is 7.98. The number of aromatic nitrogens is 6. The van der Waals surface area contributed by atoms with Crippen LogP contribution in [0.5, 0.6) is 0 Å². The van der Waals surface area contributed by atoms with Crippen molar-refractivity contribution in [1.29, 1.82) is 0 Å². The van der Waals surface area contributed by atoms with Crippen molar-refractivity contribution in [2.45, 2.75) is 23.5 Å². The second kappa shape index (κ2) is 14.0. The number of rotatable bonds is 8. The molecule has 12 nitrogen and oxygen atoms in total. The number of aliphatic hydroxyl groups excluding tert-OH is 2. The molecule has 2 aromatic carbocycles. The van der Waals surface area contributed by atoms with Crippen molar-refractivity contribution in [2.75, 3.05) is 12.5 Å². The summed E-state index contributed by atoms with van der Waals surface area (Å²) in [5.41, 5.74) is 3.80. The van der Waals surface area contributed by atoms with Crippen molar-refractivity contribution in [2.24, 2.45) is 0 Å². The van der Waals surface area contributed by atoms with Gasteiger partial charge in [0.1, 0.15) is 36.2 Å². The molecule has 0 atom stereocenters. The van der Waals surface area contributed by atoms with Crippen molar-refractivity contribution < 1.29 is 36.5 Å². The lowest BCUT2D eigenvalue weighted by molar-refractivity contribution is 0.230. The van der Waals surface area contributed by atoms with Crippen LogP contribution in [0.25, 0.3) is 45.0 Å². The van der Waals surface area contributed by atoms with Gasteiger partial charge in [-0.15, -0.1) is 0 Å². The van der Waals surface area contributed by atoms with Crippen LogP contribution in [0, 0.1) is 11.6 Å². The normalized spacial score (nSPS) is 11.3. The highest BCUT2D eigenvalue weighted by Gasteiger charge is 2.23. The number of aliphatic hydroxyl groups is 2. The SMILES string of the molecule is CS(=O)(=O)c1nccc(-c2c(-c3ccc(F)cc3)noc2CO)n1.CSc1nccc(-c2c(-c3ccc(F)cc3)noc2CO)n1. The molecule has 0 saturated heterocycles. The van der Waals surface area contributed by atoms with Gasteiger partial charge in [-0.1, -0.05) is 22.1 Å². The lowest BCUT2D eigenvalue weighted by atomic mass is 10.0. The van der Waals surface area contributed by atoms with Crippen LogP contribution >= 0.6 is 11.8 Å². The minimum absolute atomic E-state index is 0.118. The van der Waals surface area contributed by atoms with Gasteiger partial charge in [-0.25, -0.2) is 37.1 Å². The van der Waals surface area contributed by atoms with Gasteiger partial charge >= 0.3 is 0 Å². The van der Waals surface area contributed by atoms with E-state index in [9.17, 15) is 27.4 Å². The average Bonchev–Trinajstić information content (AvgIpc) is 3.70. The molecule has 6 aromatic rings. The van der Waals surface area contributed by atoms with Crippen LogP contribution in [0.3, 0.4) is 0 Å². The van der Waals surface area contributed by atoms with Crippen molar-refractivity contribution in [3.05, 3.63) is 96.2 Å². The van der Waals surface area contributed by atoms with Gasteiger partial charge in [-0.05, 0) is 66.9 Å². The van der Waals surface area contributed by atoms with Gasteiger partial charge in [0.15, 0.2) is 16.7 Å². The Kier molecular flexibility index (Phi) is 9.91. The van der Waals surface area contributed by atoms with E-state index in [0.29, 0.717) is 50.3 Å². The molecule has 4 heterocycles. The Labute approximate surface area is 265 Å². The van der Waals surface area contributed by atoms with E-state index < -0.39 is 22.3 Å². The van der Waals surface area contributed by atoms with E-state index in [4.69, 9.17) is 9.05 Å². The van der Waals surface area contributed by atoms with Gasteiger partial charge in [0.25, 0.3) is 0 Å². The summed E-state index contributed by atoms with van der Waals surface area (Å²) in [6.45, 7) is -0.760. The summed E-state index contributed by atoms with van der Waals surface area (Å²) >= 11 is 1.41. The molecular formula is C30H24F2N6O6S2. The topological polar surface area (TPSA) is 178 Å². The molecule has 0 radical (unpaired) electrons. The molecule has 46 heavy (non-hydrogen) atoms. The summed E-state index contributed by atoms with van der Waals surface area (Å²) in [6, 6.07) is 14.6. The first-order valence-corrected chi connectivity index (χ1v) is 16.4. The fourth-order valence-electron chi connectivity index (χ4n) is 4.24. The van der Waals surface area contributed by atoms with Gasteiger partial charge in [0.2, 0.25) is 15.0 Å². The number of hydrogen-bond donors (Lipinski definition) is 2. The lowest BCUT2D eigenvalue weighted by Crippen LogP contribution is -2.04. The van der Waals surface area contributed by atoms with E-state index in [2.05, 4.69) is 30.2 Å². The van der Waals surface area contributed by atoms with Crippen LogP contribution in [0.4, 0.5) is 8.78 Å². The van der Waals surface area contributed by atoms with Crippen LogP contribution in [0.15, 0.2) is 92.4 Å². The predicted molar refractivity (Wildman–Crippen MR) is 163 cm³/mol. The maximum Gasteiger partial charge on any atom is 0.247 e.